The van der Waals surface area contributed by atoms with Gasteiger partial charge in [0.1, 0.15) is 5.69 Å². The number of aromatic nitrogens is 4. The molecule has 2 heterocycles. The average molecular weight is 254 g/mol. The smallest absolute Gasteiger partial charge is 0.373 e. The van der Waals surface area contributed by atoms with E-state index in [0.29, 0.717) is 5.69 Å². The molecule has 0 spiro atoms. The molecule has 94 valence electrons. The lowest BCUT2D eigenvalue weighted by Crippen LogP contribution is -2.08. The summed E-state index contributed by atoms with van der Waals surface area (Å²) in [4.78, 5) is 21.6. The van der Waals surface area contributed by atoms with Crippen molar-refractivity contribution in [3.8, 4) is 11.4 Å². The summed E-state index contributed by atoms with van der Waals surface area (Å²) in [5.74, 6) is -2.12. The number of halogens is 2. The first-order valence-corrected chi connectivity index (χ1v) is 4.86. The molecule has 8 heteroatoms. The number of rotatable bonds is 3. The Balaban J connectivity index is 2.60. The van der Waals surface area contributed by atoms with E-state index in [1.54, 1.807) is 11.6 Å². The number of hydrogen-bond donors (Lipinski definition) is 1. The molecule has 0 radical (unpaired) electrons. The molecule has 0 aliphatic carbocycles. The quantitative estimate of drug-likeness (QED) is 0.897. The molecule has 0 aliphatic rings. The third-order valence-electron chi connectivity index (χ3n) is 2.24. The molecule has 0 saturated heterocycles. The zero-order valence-corrected chi connectivity index (χ0v) is 9.21. The van der Waals surface area contributed by atoms with Gasteiger partial charge in [-0.1, -0.05) is 0 Å². The molecule has 0 aliphatic heterocycles. The van der Waals surface area contributed by atoms with Gasteiger partial charge >= 0.3 is 5.97 Å². The molecule has 18 heavy (non-hydrogen) atoms. The van der Waals surface area contributed by atoms with Crippen molar-refractivity contribution in [2.45, 2.75) is 6.43 Å². The highest BCUT2D eigenvalue weighted by molar-refractivity contribution is 5.83. The van der Waals surface area contributed by atoms with Crippen LogP contribution in [0.4, 0.5) is 8.78 Å². The fourth-order valence-corrected chi connectivity index (χ4v) is 1.41. The molecule has 2 aromatic heterocycles. The van der Waals surface area contributed by atoms with Gasteiger partial charge in [-0.3, -0.25) is 0 Å². The monoisotopic (exact) mass is 254 g/mol. The molecule has 0 unspecified atom stereocenters. The van der Waals surface area contributed by atoms with Gasteiger partial charge in [-0.05, 0) is 6.07 Å². The second-order valence-electron chi connectivity index (χ2n) is 3.50. The molecule has 2 rings (SSSR count). The van der Waals surface area contributed by atoms with E-state index in [1.807, 2.05) is 0 Å². The predicted molar refractivity (Wildman–Crippen MR) is 56.2 cm³/mol. The second-order valence-corrected chi connectivity index (χ2v) is 3.50. The molecule has 0 bridgehead atoms. The predicted octanol–water partition coefficient (Wildman–Crippen LogP) is 1.51. The standard InChI is InChI=1S/C10H8F2N4O2/c1-16-4-13-3-7(16)5-2-6(8(11)12)15-9(14-5)10(17)18/h2-4,8H,1H3,(H,17,18). The first-order valence-electron chi connectivity index (χ1n) is 4.86. The Bertz CT molecular complexity index is 597. The average Bonchev–Trinajstić information content (AvgIpc) is 2.74. The highest BCUT2D eigenvalue weighted by Gasteiger charge is 2.18. The largest absolute Gasteiger partial charge is 0.475 e. The highest BCUT2D eigenvalue weighted by atomic mass is 19.3. The van der Waals surface area contributed by atoms with E-state index in [9.17, 15) is 13.6 Å². The van der Waals surface area contributed by atoms with E-state index in [4.69, 9.17) is 5.11 Å². The zero-order valence-electron chi connectivity index (χ0n) is 9.21. The molecule has 0 atom stereocenters. The van der Waals surface area contributed by atoms with Crippen LogP contribution >= 0.6 is 0 Å². The summed E-state index contributed by atoms with van der Waals surface area (Å²) in [6.45, 7) is 0. The zero-order chi connectivity index (χ0) is 13.3. The van der Waals surface area contributed by atoms with E-state index in [0.717, 1.165) is 6.07 Å². The van der Waals surface area contributed by atoms with E-state index in [1.165, 1.54) is 12.5 Å². The van der Waals surface area contributed by atoms with Gasteiger partial charge in [0.2, 0.25) is 5.82 Å². The second kappa shape index (κ2) is 4.47. The van der Waals surface area contributed by atoms with Gasteiger partial charge in [-0.15, -0.1) is 0 Å². The molecular weight excluding hydrogens is 246 g/mol. The fourth-order valence-electron chi connectivity index (χ4n) is 1.41. The molecule has 0 aromatic carbocycles. The van der Waals surface area contributed by atoms with E-state index < -0.39 is 23.9 Å². The Kier molecular flexibility index (Phi) is 3.00. The topological polar surface area (TPSA) is 80.9 Å². The summed E-state index contributed by atoms with van der Waals surface area (Å²) in [5.41, 5.74) is -0.0990. The summed E-state index contributed by atoms with van der Waals surface area (Å²) in [6, 6.07) is 1.05. The van der Waals surface area contributed by atoms with Crippen LogP contribution in [0.25, 0.3) is 11.4 Å². The number of carbonyl (C=O) groups is 1. The molecule has 1 N–H and O–H groups in total. The van der Waals surface area contributed by atoms with Gasteiger partial charge in [-0.25, -0.2) is 28.5 Å². The Hall–Kier alpha value is -2.38. The minimum Gasteiger partial charge on any atom is -0.475 e. The lowest BCUT2D eigenvalue weighted by molar-refractivity contribution is 0.0681. The van der Waals surface area contributed by atoms with Crippen LogP contribution in [0, 0.1) is 0 Å². The number of nitrogens with zero attached hydrogens (tertiary/aromatic N) is 4. The van der Waals surface area contributed by atoms with Gasteiger partial charge in [0.25, 0.3) is 6.43 Å². The number of carboxylic acid groups (broad SMARTS) is 1. The van der Waals surface area contributed by atoms with Crippen LogP contribution in [-0.2, 0) is 7.05 Å². The highest BCUT2D eigenvalue weighted by Crippen LogP contribution is 2.22. The number of aryl methyl sites for hydroxylation is 1. The van der Waals surface area contributed by atoms with Crippen molar-refractivity contribution in [3.05, 3.63) is 30.1 Å². The number of hydrogen-bond acceptors (Lipinski definition) is 4. The first-order chi connectivity index (χ1) is 8.49. The molecular formula is C10H8F2N4O2. The van der Waals surface area contributed by atoms with E-state index >= 15 is 0 Å². The van der Waals surface area contributed by atoms with Crippen LogP contribution in [0.1, 0.15) is 22.7 Å². The molecule has 0 fully saturated rings. The van der Waals surface area contributed by atoms with Crippen LogP contribution < -0.4 is 0 Å². The number of alkyl halides is 2. The Morgan fingerprint density at radius 3 is 2.67 bits per heavy atom. The minimum absolute atomic E-state index is 0.0951. The number of carboxylic acids is 1. The van der Waals surface area contributed by atoms with Crippen molar-refractivity contribution in [1.29, 1.82) is 0 Å². The molecule has 6 nitrogen and oxygen atoms in total. The van der Waals surface area contributed by atoms with Crippen LogP contribution in [0.3, 0.4) is 0 Å². The van der Waals surface area contributed by atoms with Gasteiger partial charge in [0.15, 0.2) is 0 Å². The van der Waals surface area contributed by atoms with Crippen LogP contribution in [0.2, 0.25) is 0 Å². The number of aromatic carboxylic acids is 1. The summed E-state index contributed by atoms with van der Waals surface area (Å²) < 4.78 is 26.8. The third kappa shape index (κ3) is 2.17. The summed E-state index contributed by atoms with van der Waals surface area (Å²) >= 11 is 0. The summed E-state index contributed by atoms with van der Waals surface area (Å²) in [6.07, 6.45) is 0.00134. The molecule has 2 aromatic rings. The summed E-state index contributed by atoms with van der Waals surface area (Å²) in [5, 5.41) is 8.79. The number of imidazole rings is 1. The van der Waals surface area contributed by atoms with Gasteiger partial charge < -0.3 is 9.67 Å². The lowest BCUT2D eigenvalue weighted by Gasteiger charge is -2.05. The van der Waals surface area contributed by atoms with Crippen molar-refractivity contribution in [2.24, 2.45) is 7.05 Å². The van der Waals surface area contributed by atoms with Crippen molar-refractivity contribution >= 4 is 5.97 Å². The SMILES string of the molecule is Cn1cncc1-c1cc(C(F)F)nc(C(=O)O)n1. The van der Waals surface area contributed by atoms with Crippen molar-refractivity contribution in [1.82, 2.24) is 19.5 Å². The fraction of sp³-hybridized carbons (Fsp3) is 0.200. The Morgan fingerprint density at radius 2 is 2.17 bits per heavy atom. The first kappa shape index (κ1) is 12.1. The lowest BCUT2D eigenvalue weighted by atomic mass is 10.2. The van der Waals surface area contributed by atoms with Crippen LogP contribution in [-0.4, -0.2) is 30.6 Å². The minimum atomic E-state index is -2.86. The van der Waals surface area contributed by atoms with Gasteiger partial charge in [-0.2, -0.15) is 0 Å². The van der Waals surface area contributed by atoms with E-state index in [-0.39, 0.29) is 5.69 Å². The third-order valence-corrected chi connectivity index (χ3v) is 2.24. The maximum atomic E-state index is 12.6. The van der Waals surface area contributed by atoms with Gasteiger partial charge in [0, 0.05) is 7.05 Å². The Morgan fingerprint density at radius 1 is 1.44 bits per heavy atom. The van der Waals surface area contributed by atoms with Crippen LogP contribution in [0.5, 0.6) is 0 Å². The maximum absolute atomic E-state index is 12.6. The molecule has 0 amide bonds. The van der Waals surface area contributed by atoms with Crippen molar-refractivity contribution in [3.63, 3.8) is 0 Å². The molecule has 0 saturated carbocycles. The maximum Gasteiger partial charge on any atom is 0.373 e. The van der Waals surface area contributed by atoms with Crippen molar-refractivity contribution in [2.75, 3.05) is 0 Å². The Labute approximate surface area is 99.9 Å². The van der Waals surface area contributed by atoms with Crippen LogP contribution in [0.15, 0.2) is 18.6 Å². The summed E-state index contributed by atoms with van der Waals surface area (Å²) in [7, 11) is 1.65. The normalized spacial score (nSPS) is 10.9. The van der Waals surface area contributed by atoms with Gasteiger partial charge in [0.05, 0.1) is 23.9 Å². The van der Waals surface area contributed by atoms with E-state index in [2.05, 4.69) is 15.0 Å². The van der Waals surface area contributed by atoms with Crippen molar-refractivity contribution < 1.29 is 18.7 Å².